The average Bonchev–Trinajstić information content (AvgIpc) is 2.33. The molecule has 17 heavy (non-hydrogen) atoms. The number of aryl methyl sites for hydroxylation is 1. The highest BCUT2D eigenvalue weighted by molar-refractivity contribution is 9.10. The van der Waals surface area contributed by atoms with Crippen LogP contribution in [0.25, 0.3) is 0 Å². The number of rotatable bonds is 1. The number of carbonyl (C=O) groups is 1. The number of nitrogens with zero attached hydrogens (tertiary/aromatic N) is 1. The van der Waals surface area contributed by atoms with E-state index in [1.54, 1.807) is 0 Å². The number of benzene rings is 1. The van der Waals surface area contributed by atoms with Gasteiger partial charge in [0.25, 0.3) is 5.91 Å². The molecule has 0 spiro atoms. The van der Waals surface area contributed by atoms with E-state index in [9.17, 15) is 4.79 Å². The van der Waals surface area contributed by atoms with E-state index in [-0.39, 0.29) is 5.91 Å². The van der Waals surface area contributed by atoms with Crippen LogP contribution < -0.4 is 0 Å². The predicted octanol–water partition coefficient (Wildman–Crippen LogP) is 3.63. The zero-order valence-corrected chi connectivity index (χ0v) is 12.0. The summed E-state index contributed by atoms with van der Waals surface area (Å²) in [6.07, 6.45) is 2.24. The summed E-state index contributed by atoms with van der Waals surface area (Å²) in [5.74, 6) is 0.910. The Bertz CT molecular complexity index is 422. The summed E-state index contributed by atoms with van der Waals surface area (Å²) >= 11 is 3.51. The molecule has 1 aliphatic heterocycles. The van der Waals surface area contributed by atoms with Gasteiger partial charge in [0.05, 0.1) is 5.56 Å². The molecule has 92 valence electrons. The van der Waals surface area contributed by atoms with Gasteiger partial charge in [0.2, 0.25) is 0 Å². The number of hydrogen-bond donors (Lipinski definition) is 0. The monoisotopic (exact) mass is 295 g/mol. The first kappa shape index (κ1) is 12.6. The molecule has 1 saturated heterocycles. The molecule has 0 N–H and O–H groups in total. The minimum atomic E-state index is 0.160. The van der Waals surface area contributed by atoms with Crippen molar-refractivity contribution in [3.63, 3.8) is 0 Å². The van der Waals surface area contributed by atoms with Crippen LogP contribution in [0.1, 0.15) is 35.7 Å². The van der Waals surface area contributed by atoms with Crippen LogP contribution in [0.3, 0.4) is 0 Å². The summed E-state index contributed by atoms with van der Waals surface area (Å²) < 4.78 is 0.934. The molecule has 0 atom stereocenters. The first-order chi connectivity index (χ1) is 8.09. The van der Waals surface area contributed by atoms with E-state index >= 15 is 0 Å². The number of piperidine rings is 1. The fourth-order valence-corrected chi connectivity index (χ4v) is 2.63. The van der Waals surface area contributed by atoms with Crippen LogP contribution in [0.4, 0.5) is 0 Å². The molecule has 1 fully saturated rings. The zero-order chi connectivity index (χ0) is 12.4. The second-order valence-electron chi connectivity index (χ2n) is 4.91. The van der Waals surface area contributed by atoms with Crippen molar-refractivity contribution >= 4 is 21.8 Å². The molecular formula is C14H18BrNO. The number of hydrogen-bond acceptors (Lipinski definition) is 1. The second-order valence-corrected chi connectivity index (χ2v) is 5.70. The smallest absolute Gasteiger partial charge is 0.255 e. The van der Waals surface area contributed by atoms with E-state index in [2.05, 4.69) is 22.9 Å². The predicted molar refractivity (Wildman–Crippen MR) is 73.2 cm³/mol. The van der Waals surface area contributed by atoms with Crippen molar-refractivity contribution in [2.75, 3.05) is 13.1 Å². The summed E-state index contributed by atoms with van der Waals surface area (Å²) in [6, 6.07) is 5.86. The van der Waals surface area contributed by atoms with Gasteiger partial charge in [-0.2, -0.15) is 0 Å². The van der Waals surface area contributed by atoms with Gasteiger partial charge < -0.3 is 4.90 Å². The van der Waals surface area contributed by atoms with Gasteiger partial charge in [-0.3, -0.25) is 4.79 Å². The van der Waals surface area contributed by atoms with E-state index in [0.29, 0.717) is 0 Å². The molecule has 1 aromatic carbocycles. The highest BCUT2D eigenvalue weighted by atomic mass is 79.9. The third-order valence-electron chi connectivity index (χ3n) is 3.49. The molecular weight excluding hydrogens is 278 g/mol. The minimum Gasteiger partial charge on any atom is -0.339 e. The van der Waals surface area contributed by atoms with Crippen LogP contribution in [-0.2, 0) is 0 Å². The Morgan fingerprint density at radius 3 is 2.65 bits per heavy atom. The minimum absolute atomic E-state index is 0.160. The Morgan fingerprint density at radius 1 is 1.35 bits per heavy atom. The van der Waals surface area contributed by atoms with Crippen molar-refractivity contribution in [2.45, 2.75) is 26.7 Å². The van der Waals surface area contributed by atoms with Crippen molar-refractivity contribution in [1.29, 1.82) is 0 Å². The van der Waals surface area contributed by atoms with E-state index in [4.69, 9.17) is 0 Å². The molecule has 2 nitrogen and oxygen atoms in total. The van der Waals surface area contributed by atoms with Crippen LogP contribution in [-0.4, -0.2) is 23.9 Å². The lowest BCUT2D eigenvalue weighted by molar-refractivity contribution is 0.0696. The summed E-state index contributed by atoms with van der Waals surface area (Å²) in [7, 11) is 0. The Hall–Kier alpha value is -0.830. The normalized spacial score (nSPS) is 17.2. The highest BCUT2D eigenvalue weighted by Gasteiger charge is 2.22. The van der Waals surface area contributed by atoms with Crippen LogP contribution in [0.15, 0.2) is 22.7 Å². The van der Waals surface area contributed by atoms with Gasteiger partial charge in [0.1, 0.15) is 0 Å². The molecule has 1 aromatic rings. The fraction of sp³-hybridized carbons (Fsp3) is 0.500. The lowest BCUT2D eigenvalue weighted by Gasteiger charge is -2.30. The van der Waals surface area contributed by atoms with Gasteiger partial charge in [0.15, 0.2) is 0 Å². The maximum absolute atomic E-state index is 12.4. The Kier molecular flexibility index (Phi) is 3.87. The number of halogens is 1. The van der Waals surface area contributed by atoms with Gasteiger partial charge in [-0.1, -0.05) is 19.1 Å². The standard InChI is InChI=1S/C14H18BrNO/c1-10-6-8-16(9-7-10)14(17)12-5-3-4-11(2)13(12)15/h3-5,10H,6-9H2,1-2H3. The van der Waals surface area contributed by atoms with Crippen LogP contribution in [0.2, 0.25) is 0 Å². The van der Waals surface area contributed by atoms with Crippen LogP contribution in [0.5, 0.6) is 0 Å². The van der Waals surface area contributed by atoms with Gasteiger partial charge in [-0.15, -0.1) is 0 Å². The average molecular weight is 296 g/mol. The van der Waals surface area contributed by atoms with E-state index < -0.39 is 0 Å². The van der Waals surface area contributed by atoms with Crippen molar-refractivity contribution < 1.29 is 4.79 Å². The third-order valence-corrected chi connectivity index (χ3v) is 4.55. The molecule has 2 rings (SSSR count). The third kappa shape index (κ3) is 2.71. The Morgan fingerprint density at radius 2 is 2.00 bits per heavy atom. The van der Waals surface area contributed by atoms with Gasteiger partial charge >= 0.3 is 0 Å². The van der Waals surface area contributed by atoms with Gasteiger partial charge in [0, 0.05) is 17.6 Å². The number of likely N-dealkylation sites (tertiary alicyclic amines) is 1. The lowest BCUT2D eigenvalue weighted by atomic mass is 9.98. The molecule has 0 saturated carbocycles. The summed E-state index contributed by atoms with van der Waals surface area (Å²) in [4.78, 5) is 14.3. The van der Waals surface area contributed by atoms with Crippen molar-refractivity contribution in [1.82, 2.24) is 4.90 Å². The van der Waals surface area contributed by atoms with E-state index in [1.165, 1.54) is 0 Å². The SMILES string of the molecule is Cc1cccc(C(=O)N2CCC(C)CC2)c1Br. The lowest BCUT2D eigenvalue weighted by Crippen LogP contribution is -2.38. The van der Waals surface area contributed by atoms with Crippen molar-refractivity contribution in [3.05, 3.63) is 33.8 Å². The maximum atomic E-state index is 12.4. The highest BCUT2D eigenvalue weighted by Crippen LogP contribution is 2.24. The summed E-state index contributed by atoms with van der Waals surface area (Å²) in [6.45, 7) is 6.05. The Labute approximate surface area is 111 Å². The van der Waals surface area contributed by atoms with Crippen LogP contribution >= 0.6 is 15.9 Å². The molecule has 0 unspecified atom stereocenters. The molecule has 3 heteroatoms. The Balaban J connectivity index is 2.17. The molecule has 0 bridgehead atoms. The first-order valence-electron chi connectivity index (χ1n) is 6.14. The van der Waals surface area contributed by atoms with Crippen molar-refractivity contribution in [2.24, 2.45) is 5.92 Å². The molecule has 1 heterocycles. The summed E-state index contributed by atoms with van der Waals surface area (Å²) in [5.41, 5.74) is 1.90. The molecule has 0 aliphatic carbocycles. The van der Waals surface area contributed by atoms with E-state index in [1.807, 2.05) is 30.0 Å². The molecule has 1 amide bonds. The first-order valence-corrected chi connectivity index (χ1v) is 6.93. The summed E-state index contributed by atoms with van der Waals surface area (Å²) in [5, 5.41) is 0. The zero-order valence-electron chi connectivity index (χ0n) is 10.4. The fourth-order valence-electron chi connectivity index (χ4n) is 2.19. The topological polar surface area (TPSA) is 20.3 Å². The van der Waals surface area contributed by atoms with Gasteiger partial charge in [-0.05, 0) is 53.2 Å². The molecule has 0 aromatic heterocycles. The van der Waals surface area contributed by atoms with Crippen LogP contribution in [0, 0.1) is 12.8 Å². The quantitative estimate of drug-likeness (QED) is 0.775. The molecule has 1 aliphatic rings. The van der Waals surface area contributed by atoms with Crippen molar-refractivity contribution in [3.8, 4) is 0 Å². The number of carbonyl (C=O) groups excluding carboxylic acids is 1. The number of amides is 1. The second kappa shape index (κ2) is 5.21. The van der Waals surface area contributed by atoms with Gasteiger partial charge in [-0.25, -0.2) is 0 Å². The molecule has 0 radical (unpaired) electrons. The van der Waals surface area contributed by atoms with E-state index in [0.717, 1.165) is 47.4 Å². The maximum Gasteiger partial charge on any atom is 0.255 e. The largest absolute Gasteiger partial charge is 0.339 e.